The molecule has 1 amide bonds. The summed E-state index contributed by atoms with van der Waals surface area (Å²) in [6.07, 6.45) is 4.62. The fourth-order valence-electron chi connectivity index (χ4n) is 3.09. The first kappa shape index (κ1) is 23.8. The van der Waals surface area contributed by atoms with E-state index >= 15 is 0 Å². The monoisotopic (exact) mass is 495 g/mol. The molecular formula is C25H19F2N3O4S. The third-order valence-corrected chi connectivity index (χ3v) is 5.50. The second-order valence-electron chi connectivity index (χ2n) is 7.08. The van der Waals surface area contributed by atoms with Gasteiger partial charge in [0.2, 0.25) is 0 Å². The van der Waals surface area contributed by atoms with Crippen LogP contribution in [0.1, 0.15) is 5.56 Å². The number of aromatic nitrogens is 2. The van der Waals surface area contributed by atoms with Crippen LogP contribution in [0, 0.1) is 0 Å². The predicted molar refractivity (Wildman–Crippen MR) is 129 cm³/mol. The molecule has 178 valence electrons. The number of hydrogen-bond acceptors (Lipinski definition) is 6. The molecule has 7 nitrogen and oxygen atoms in total. The molecule has 0 spiro atoms. The van der Waals surface area contributed by atoms with Crippen LogP contribution in [0.25, 0.3) is 22.3 Å². The van der Waals surface area contributed by atoms with Gasteiger partial charge in [-0.25, -0.2) is 9.48 Å². The minimum absolute atomic E-state index is 0.0351. The van der Waals surface area contributed by atoms with E-state index < -0.39 is 25.1 Å². The molecule has 2 aromatic heterocycles. The number of carbonyl (C=O) groups is 2. The molecule has 0 aliphatic carbocycles. The summed E-state index contributed by atoms with van der Waals surface area (Å²) < 4.78 is 35.4. The molecule has 4 aromatic rings. The molecular weight excluding hydrogens is 476 g/mol. The zero-order valence-corrected chi connectivity index (χ0v) is 19.0. The highest BCUT2D eigenvalue weighted by Gasteiger charge is 2.12. The van der Waals surface area contributed by atoms with Gasteiger partial charge < -0.3 is 14.8 Å². The number of alkyl halides is 2. The van der Waals surface area contributed by atoms with Crippen molar-refractivity contribution in [1.29, 1.82) is 0 Å². The van der Waals surface area contributed by atoms with Crippen molar-refractivity contribution in [2.24, 2.45) is 0 Å². The Morgan fingerprint density at radius 3 is 2.51 bits per heavy atom. The number of esters is 1. The van der Waals surface area contributed by atoms with Gasteiger partial charge in [-0.3, -0.25) is 4.79 Å². The Morgan fingerprint density at radius 1 is 1.06 bits per heavy atom. The van der Waals surface area contributed by atoms with Gasteiger partial charge in [0.15, 0.2) is 6.61 Å². The molecule has 0 radical (unpaired) electrons. The standard InChI is InChI=1S/C25H19F2N3O4S/c26-25(27)34-20-11-9-18(10-12-20)28-22(31)16-33-23(32)13-8-17-15-30(19-5-2-1-3-6-19)29-24(17)21-7-4-14-35-21/h1-15,25H,16H2,(H,28,31). The third-order valence-electron chi connectivity index (χ3n) is 4.63. The van der Waals surface area contributed by atoms with E-state index in [1.54, 1.807) is 10.8 Å². The summed E-state index contributed by atoms with van der Waals surface area (Å²) in [6, 6.07) is 18.8. The molecule has 1 N–H and O–H groups in total. The maximum atomic E-state index is 12.2. The van der Waals surface area contributed by atoms with Crippen molar-refractivity contribution in [2.75, 3.05) is 11.9 Å². The maximum Gasteiger partial charge on any atom is 0.387 e. The number of anilines is 1. The second kappa shape index (κ2) is 11.2. The number of carbonyl (C=O) groups excluding carboxylic acids is 2. The minimum Gasteiger partial charge on any atom is -0.452 e. The van der Waals surface area contributed by atoms with Crippen LogP contribution >= 0.6 is 11.3 Å². The van der Waals surface area contributed by atoms with E-state index in [1.807, 2.05) is 54.0 Å². The van der Waals surface area contributed by atoms with E-state index in [0.717, 1.165) is 10.6 Å². The van der Waals surface area contributed by atoms with Gasteiger partial charge in [0, 0.05) is 23.5 Å². The summed E-state index contributed by atoms with van der Waals surface area (Å²) >= 11 is 1.53. The first-order chi connectivity index (χ1) is 17.0. The lowest BCUT2D eigenvalue weighted by molar-refractivity contribution is -0.142. The van der Waals surface area contributed by atoms with Gasteiger partial charge in [0.05, 0.1) is 10.6 Å². The van der Waals surface area contributed by atoms with Gasteiger partial charge >= 0.3 is 12.6 Å². The Hall–Kier alpha value is -4.31. The van der Waals surface area contributed by atoms with Crippen LogP contribution < -0.4 is 10.1 Å². The first-order valence-electron chi connectivity index (χ1n) is 10.4. The van der Waals surface area contributed by atoms with Crippen LogP contribution in [0.5, 0.6) is 5.75 Å². The van der Waals surface area contributed by atoms with E-state index in [1.165, 1.54) is 41.7 Å². The van der Waals surface area contributed by atoms with E-state index in [9.17, 15) is 18.4 Å². The lowest BCUT2D eigenvalue weighted by Gasteiger charge is -2.07. The topological polar surface area (TPSA) is 82.5 Å². The largest absolute Gasteiger partial charge is 0.452 e. The molecule has 0 aliphatic heterocycles. The van der Waals surface area contributed by atoms with Crippen molar-refractivity contribution in [3.63, 3.8) is 0 Å². The average molecular weight is 496 g/mol. The quantitative estimate of drug-likeness (QED) is 0.248. The lowest BCUT2D eigenvalue weighted by Crippen LogP contribution is -2.20. The fraction of sp³-hybridized carbons (Fsp3) is 0.0800. The molecule has 10 heteroatoms. The number of nitrogens with zero attached hydrogens (tertiary/aromatic N) is 2. The predicted octanol–water partition coefficient (Wildman–Crippen LogP) is 5.40. The number of thiophene rings is 1. The zero-order chi connectivity index (χ0) is 24.6. The fourth-order valence-corrected chi connectivity index (χ4v) is 3.82. The van der Waals surface area contributed by atoms with Gasteiger partial charge in [0.25, 0.3) is 5.91 Å². The highest BCUT2D eigenvalue weighted by atomic mass is 32.1. The first-order valence-corrected chi connectivity index (χ1v) is 11.2. The smallest absolute Gasteiger partial charge is 0.387 e. The Kier molecular flexibility index (Phi) is 7.63. The Balaban J connectivity index is 1.37. The summed E-state index contributed by atoms with van der Waals surface area (Å²) in [6.45, 7) is -3.45. The van der Waals surface area contributed by atoms with E-state index in [2.05, 4.69) is 15.2 Å². The van der Waals surface area contributed by atoms with Crippen molar-refractivity contribution in [3.05, 3.63) is 89.9 Å². The number of hydrogen-bond donors (Lipinski definition) is 1. The van der Waals surface area contributed by atoms with Crippen LogP contribution in [-0.2, 0) is 14.3 Å². The van der Waals surface area contributed by atoms with Crippen LogP contribution in [0.4, 0.5) is 14.5 Å². The van der Waals surface area contributed by atoms with E-state index in [4.69, 9.17) is 4.74 Å². The average Bonchev–Trinajstić information content (AvgIpc) is 3.53. The summed E-state index contributed by atoms with van der Waals surface area (Å²) in [5, 5.41) is 9.10. The van der Waals surface area contributed by atoms with Gasteiger partial charge in [-0.2, -0.15) is 13.9 Å². The summed E-state index contributed by atoms with van der Waals surface area (Å²) in [4.78, 5) is 25.2. The Labute approximate surface area is 203 Å². The number of rotatable bonds is 9. The number of halogens is 2. The van der Waals surface area contributed by atoms with E-state index in [-0.39, 0.29) is 5.75 Å². The number of para-hydroxylation sites is 1. The Bertz CT molecular complexity index is 1300. The normalized spacial score (nSPS) is 11.1. The SMILES string of the molecule is O=C(COC(=O)C=Cc1cn(-c2ccccc2)nc1-c1cccs1)Nc1ccc(OC(F)F)cc1. The molecule has 0 bridgehead atoms. The zero-order valence-electron chi connectivity index (χ0n) is 18.1. The van der Waals surface area contributed by atoms with Crippen LogP contribution in [0.15, 0.2) is 84.4 Å². The maximum absolute atomic E-state index is 12.2. The number of nitrogens with one attached hydrogen (secondary N) is 1. The van der Waals surface area contributed by atoms with Crippen LogP contribution in [-0.4, -0.2) is 34.9 Å². The molecule has 2 aromatic carbocycles. The van der Waals surface area contributed by atoms with Gasteiger partial charge in [-0.05, 0) is 53.9 Å². The van der Waals surface area contributed by atoms with Gasteiger partial charge in [-0.15, -0.1) is 11.3 Å². The lowest BCUT2D eigenvalue weighted by atomic mass is 10.2. The molecule has 2 heterocycles. The van der Waals surface area contributed by atoms with Crippen molar-refractivity contribution >= 4 is 35.0 Å². The molecule has 4 rings (SSSR count). The highest BCUT2D eigenvalue weighted by molar-refractivity contribution is 7.13. The summed E-state index contributed by atoms with van der Waals surface area (Å²) in [5.74, 6) is -1.32. The number of amides is 1. The van der Waals surface area contributed by atoms with Crippen molar-refractivity contribution in [3.8, 4) is 22.0 Å². The highest BCUT2D eigenvalue weighted by Crippen LogP contribution is 2.28. The number of benzene rings is 2. The molecule has 0 fully saturated rings. The molecule has 0 aliphatic rings. The van der Waals surface area contributed by atoms with Crippen molar-refractivity contribution < 1.29 is 27.8 Å². The molecule has 0 saturated heterocycles. The van der Waals surface area contributed by atoms with Crippen LogP contribution in [0.2, 0.25) is 0 Å². The van der Waals surface area contributed by atoms with Gasteiger partial charge in [-0.1, -0.05) is 24.3 Å². The molecule has 0 saturated carbocycles. The summed E-state index contributed by atoms with van der Waals surface area (Å²) in [5.41, 5.74) is 2.64. The van der Waals surface area contributed by atoms with Crippen LogP contribution in [0.3, 0.4) is 0 Å². The van der Waals surface area contributed by atoms with E-state index in [0.29, 0.717) is 16.9 Å². The third kappa shape index (κ3) is 6.61. The number of ether oxygens (including phenoxy) is 2. The Morgan fingerprint density at radius 2 is 1.83 bits per heavy atom. The molecule has 0 atom stereocenters. The molecule has 35 heavy (non-hydrogen) atoms. The van der Waals surface area contributed by atoms with Crippen molar-refractivity contribution in [2.45, 2.75) is 6.61 Å². The minimum atomic E-state index is -2.93. The van der Waals surface area contributed by atoms with Crippen molar-refractivity contribution in [1.82, 2.24) is 9.78 Å². The van der Waals surface area contributed by atoms with Gasteiger partial charge in [0.1, 0.15) is 11.4 Å². The summed E-state index contributed by atoms with van der Waals surface area (Å²) in [7, 11) is 0. The second-order valence-corrected chi connectivity index (χ2v) is 8.03. The molecule has 0 unspecified atom stereocenters.